The van der Waals surface area contributed by atoms with Crippen molar-refractivity contribution < 1.29 is 4.74 Å². The standard InChI is InChI=1S/C8H11NO/c1-4-8-7(9-5-1)3-2-6-10-8/h1,4-5,7,9H,2-3,6H2. The molecular formula is C8H11NO. The van der Waals surface area contributed by atoms with Gasteiger partial charge in [-0.3, -0.25) is 0 Å². The lowest BCUT2D eigenvalue weighted by atomic mass is 10.1. The molecule has 0 radical (unpaired) electrons. The highest BCUT2D eigenvalue weighted by Crippen LogP contribution is 2.19. The maximum absolute atomic E-state index is 5.43. The van der Waals surface area contributed by atoms with Crippen molar-refractivity contribution in [3.8, 4) is 0 Å². The summed E-state index contributed by atoms with van der Waals surface area (Å²) < 4.78 is 5.43. The molecule has 1 fully saturated rings. The Morgan fingerprint density at radius 3 is 3.50 bits per heavy atom. The number of nitrogens with one attached hydrogen (secondary N) is 1. The summed E-state index contributed by atoms with van der Waals surface area (Å²) in [5.41, 5.74) is 0. The van der Waals surface area contributed by atoms with Crippen LogP contribution in [0.2, 0.25) is 0 Å². The van der Waals surface area contributed by atoms with Crippen molar-refractivity contribution in [3.63, 3.8) is 0 Å². The zero-order valence-corrected chi connectivity index (χ0v) is 5.84. The number of rotatable bonds is 0. The van der Waals surface area contributed by atoms with Gasteiger partial charge in [-0.05, 0) is 31.2 Å². The average Bonchev–Trinajstić information content (AvgIpc) is 2.05. The summed E-state index contributed by atoms with van der Waals surface area (Å²) in [6.07, 6.45) is 8.37. The molecule has 1 unspecified atom stereocenters. The fraction of sp³-hybridized carbons (Fsp3) is 0.500. The summed E-state index contributed by atoms with van der Waals surface area (Å²) in [5, 5.41) is 3.25. The molecule has 0 aromatic heterocycles. The molecule has 2 heteroatoms. The average molecular weight is 137 g/mol. The molecule has 2 rings (SSSR count). The van der Waals surface area contributed by atoms with Crippen molar-refractivity contribution in [2.45, 2.75) is 18.9 Å². The Morgan fingerprint density at radius 2 is 2.60 bits per heavy atom. The van der Waals surface area contributed by atoms with E-state index < -0.39 is 0 Å². The lowest BCUT2D eigenvalue weighted by Crippen LogP contribution is -2.33. The number of fused-ring (bicyclic) bond motifs is 1. The SMILES string of the molecule is C1=CNC2CCCOC2=C1. The first-order chi connectivity index (χ1) is 4.97. The minimum absolute atomic E-state index is 0.457. The molecule has 2 heterocycles. The maximum atomic E-state index is 5.43. The van der Waals surface area contributed by atoms with E-state index >= 15 is 0 Å². The monoisotopic (exact) mass is 137 g/mol. The minimum Gasteiger partial charge on any atom is -0.496 e. The molecule has 0 aromatic rings. The Bertz CT molecular complexity index is 184. The van der Waals surface area contributed by atoms with Crippen LogP contribution in [0, 0.1) is 0 Å². The Morgan fingerprint density at radius 1 is 1.60 bits per heavy atom. The van der Waals surface area contributed by atoms with Gasteiger partial charge in [0.2, 0.25) is 0 Å². The van der Waals surface area contributed by atoms with Crippen molar-refractivity contribution in [1.29, 1.82) is 0 Å². The zero-order valence-electron chi connectivity index (χ0n) is 5.84. The number of hydrogen-bond acceptors (Lipinski definition) is 2. The smallest absolute Gasteiger partial charge is 0.118 e. The van der Waals surface area contributed by atoms with Crippen LogP contribution in [0.15, 0.2) is 24.1 Å². The van der Waals surface area contributed by atoms with Crippen LogP contribution in [-0.4, -0.2) is 12.6 Å². The Balaban J connectivity index is 2.14. The van der Waals surface area contributed by atoms with Crippen LogP contribution in [0.3, 0.4) is 0 Å². The largest absolute Gasteiger partial charge is 0.496 e. The van der Waals surface area contributed by atoms with Gasteiger partial charge in [0.1, 0.15) is 5.76 Å². The first-order valence-electron chi connectivity index (χ1n) is 3.72. The quantitative estimate of drug-likeness (QED) is 0.541. The molecule has 2 nitrogen and oxygen atoms in total. The van der Waals surface area contributed by atoms with E-state index in [1.165, 1.54) is 12.8 Å². The Hall–Kier alpha value is -0.920. The summed E-state index contributed by atoms with van der Waals surface area (Å²) in [5.74, 6) is 1.11. The third kappa shape index (κ3) is 0.897. The number of dihydropyridines is 1. The fourth-order valence-electron chi connectivity index (χ4n) is 1.36. The first-order valence-corrected chi connectivity index (χ1v) is 3.72. The molecule has 0 aliphatic carbocycles. The molecule has 1 atom stereocenters. The fourth-order valence-corrected chi connectivity index (χ4v) is 1.36. The molecule has 1 saturated heterocycles. The molecule has 0 bridgehead atoms. The molecule has 0 aromatic carbocycles. The Labute approximate surface area is 60.6 Å². The Kier molecular flexibility index (Phi) is 1.38. The normalized spacial score (nSPS) is 29.6. The third-order valence-corrected chi connectivity index (χ3v) is 1.90. The first kappa shape index (κ1) is 5.83. The van der Waals surface area contributed by atoms with E-state index in [2.05, 4.69) is 5.32 Å². The summed E-state index contributed by atoms with van der Waals surface area (Å²) in [6, 6.07) is 0.457. The highest BCUT2D eigenvalue weighted by Gasteiger charge is 2.19. The number of hydrogen-bond donors (Lipinski definition) is 1. The van der Waals surface area contributed by atoms with Crippen molar-refractivity contribution in [1.82, 2.24) is 5.32 Å². The van der Waals surface area contributed by atoms with Gasteiger partial charge in [0.15, 0.2) is 0 Å². The van der Waals surface area contributed by atoms with Crippen LogP contribution < -0.4 is 5.32 Å². The van der Waals surface area contributed by atoms with Gasteiger partial charge in [-0.15, -0.1) is 0 Å². The lowest BCUT2D eigenvalue weighted by Gasteiger charge is -2.27. The van der Waals surface area contributed by atoms with Crippen LogP contribution in [0.25, 0.3) is 0 Å². The van der Waals surface area contributed by atoms with E-state index in [1.807, 2.05) is 18.4 Å². The lowest BCUT2D eigenvalue weighted by molar-refractivity contribution is 0.144. The number of allylic oxidation sites excluding steroid dienone is 2. The van der Waals surface area contributed by atoms with Gasteiger partial charge in [-0.25, -0.2) is 0 Å². The second-order valence-corrected chi connectivity index (χ2v) is 2.64. The van der Waals surface area contributed by atoms with Gasteiger partial charge in [0, 0.05) is 0 Å². The van der Waals surface area contributed by atoms with Crippen LogP contribution in [0.4, 0.5) is 0 Å². The van der Waals surface area contributed by atoms with Crippen molar-refractivity contribution in [2.75, 3.05) is 6.61 Å². The van der Waals surface area contributed by atoms with E-state index in [1.54, 1.807) is 0 Å². The summed E-state index contributed by atoms with van der Waals surface area (Å²) in [4.78, 5) is 0. The van der Waals surface area contributed by atoms with Crippen LogP contribution in [0.1, 0.15) is 12.8 Å². The van der Waals surface area contributed by atoms with Crippen LogP contribution in [-0.2, 0) is 4.74 Å². The van der Waals surface area contributed by atoms with Crippen LogP contribution in [0.5, 0.6) is 0 Å². The molecule has 2 aliphatic rings. The highest BCUT2D eigenvalue weighted by atomic mass is 16.5. The minimum atomic E-state index is 0.457. The van der Waals surface area contributed by atoms with E-state index in [4.69, 9.17) is 4.74 Å². The molecule has 54 valence electrons. The van der Waals surface area contributed by atoms with Crippen molar-refractivity contribution >= 4 is 0 Å². The van der Waals surface area contributed by atoms with Crippen LogP contribution >= 0.6 is 0 Å². The molecule has 0 saturated carbocycles. The van der Waals surface area contributed by atoms with Crippen molar-refractivity contribution in [3.05, 3.63) is 24.1 Å². The van der Waals surface area contributed by atoms with Gasteiger partial charge in [0.25, 0.3) is 0 Å². The molecular weight excluding hydrogens is 126 g/mol. The summed E-state index contributed by atoms with van der Waals surface area (Å²) >= 11 is 0. The molecule has 0 spiro atoms. The molecule has 0 amide bonds. The van der Waals surface area contributed by atoms with Gasteiger partial charge in [-0.1, -0.05) is 0 Å². The molecule has 1 N–H and O–H groups in total. The number of ether oxygens (including phenoxy) is 1. The predicted octanol–water partition coefficient (Wildman–Crippen LogP) is 1.17. The van der Waals surface area contributed by atoms with E-state index in [9.17, 15) is 0 Å². The van der Waals surface area contributed by atoms with Gasteiger partial charge < -0.3 is 10.1 Å². The maximum Gasteiger partial charge on any atom is 0.118 e. The van der Waals surface area contributed by atoms with E-state index in [0.717, 1.165) is 12.4 Å². The molecule has 10 heavy (non-hydrogen) atoms. The predicted molar refractivity (Wildman–Crippen MR) is 39.3 cm³/mol. The summed E-state index contributed by atoms with van der Waals surface area (Å²) in [7, 11) is 0. The van der Waals surface area contributed by atoms with E-state index in [0.29, 0.717) is 6.04 Å². The van der Waals surface area contributed by atoms with Gasteiger partial charge in [-0.2, -0.15) is 0 Å². The van der Waals surface area contributed by atoms with E-state index in [-0.39, 0.29) is 0 Å². The van der Waals surface area contributed by atoms with Gasteiger partial charge >= 0.3 is 0 Å². The second-order valence-electron chi connectivity index (χ2n) is 2.64. The van der Waals surface area contributed by atoms with Crippen molar-refractivity contribution in [2.24, 2.45) is 0 Å². The second kappa shape index (κ2) is 2.37. The summed E-state index contributed by atoms with van der Waals surface area (Å²) in [6.45, 7) is 0.887. The highest BCUT2D eigenvalue weighted by molar-refractivity contribution is 5.19. The van der Waals surface area contributed by atoms with Gasteiger partial charge in [0.05, 0.1) is 12.6 Å². The zero-order chi connectivity index (χ0) is 6.81. The molecule has 2 aliphatic heterocycles. The topological polar surface area (TPSA) is 21.3 Å². The third-order valence-electron chi connectivity index (χ3n) is 1.90.